The molecule has 0 radical (unpaired) electrons. The minimum absolute atomic E-state index is 0.0538. The first-order chi connectivity index (χ1) is 11.4. The van der Waals surface area contributed by atoms with Crippen LogP contribution in [0, 0.1) is 0 Å². The van der Waals surface area contributed by atoms with E-state index in [1.807, 2.05) is 19.1 Å². The first-order valence-corrected chi connectivity index (χ1v) is 8.45. The zero-order chi connectivity index (χ0) is 16.9. The van der Waals surface area contributed by atoms with Crippen LogP contribution in [0.4, 0.5) is 0 Å². The predicted octanol–water partition coefficient (Wildman–Crippen LogP) is 1.57. The lowest BCUT2D eigenvalue weighted by Gasteiger charge is -2.64. The number of ether oxygens (including phenoxy) is 2. The SMILES string of the molecule is COC12C=CC(=O)[C@]3(C)Oc4c(O)ccc5c4[C@]13CCN(C)C2C5. The lowest BCUT2D eigenvalue weighted by atomic mass is 9.47. The Morgan fingerprint density at radius 3 is 2.96 bits per heavy atom. The number of carbonyl (C=O) groups excluding carboxylic acids is 1. The number of benzene rings is 1. The van der Waals surface area contributed by atoms with Gasteiger partial charge in [-0.2, -0.15) is 0 Å². The summed E-state index contributed by atoms with van der Waals surface area (Å²) in [5, 5.41) is 10.4. The number of hydrogen-bond acceptors (Lipinski definition) is 5. The van der Waals surface area contributed by atoms with E-state index < -0.39 is 16.6 Å². The minimum atomic E-state index is -1.05. The molecule has 1 aromatic rings. The van der Waals surface area contributed by atoms with Gasteiger partial charge in [-0.25, -0.2) is 0 Å². The maximum atomic E-state index is 12.9. The third-order valence-corrected chi connectivity index (χ3v) is 7.01. The van der Waals surface area contributed by atoms with Crippen LogP contribution >= 0.6 is 0 Å². The summed E-state index contributed by atoms with van der Waals surface area (Å²) < 4.78 is 12.4. The highest BCUT2D eigenvalue weighted by atomic mass is 16.5. The summed E-state index contributed by atoms with van der Waals surface area (Å²) in [7, 11) is 3.84. The molecule has 0 amide bonds. The second-order valence-electron chi connectivity index (χ2n) is 7.63. The van der Waals surface area contributed by atoms with Gasteiger partial charge in [-0.05, 0) is 57.1 Å². The lowest BCUT2D eigenvalue weighted by Crippen LogP contribution is -2.78. The van der Waals surface area contributed by atoms with E-state index in [1.165, 1.54) is 0 Å². The van der Waals surface area contributed by atoms with Crippen molar-refractivity contribution in [3.05, 3.63) is 35.4 Å². The number of piperidine rings is 1. The van der Waals surface area contributed by atoms with E-state index in [9.17, 15) is 9.90 Å². The molecule has 1 N–H and O–H groups in total. The number of aromatic hydroxyl groups is 1. The molecular formula is C19H21NO4. The van der Waals surface area contributed by atoms with E-state index in [-0.39, 0.29) is 17.6 Å². The Balaban J connectivity index is 1.96. The van der Waals surface area contributed by atoms with Crippen LogP contribution in [0.3, 0.4) is 0 Å². The molecule has 5 nitrogen and oxygen atoms in total. The molecule has 2 aliphatic heterocycles. The number of rotatable bonds is 1. The number of nitrogens with zero attached hydrogens (tertiary/aromatic N) is 1. The molecule has 2 heterocycles. The Labute approximate surface area is 140 Å². The zero-order valence-corrected chi connectivity index (χ0v) is 14.1. The standard InChI is InChI=1S/C19H21NO4/c1-17-14(22)6-7-19(23-3)13-10-11-4-5-12(21)16(24-17)15(11)18(17,19)8-9-20(13)2/h4-7,13,21H,8-10H2,1-3H3/t13?,17-,18-,19?/m0/s1. The largest absolute Gasteiger partial charge is 0.504 e. The topological polar surface area (TPSA) is 59.0 Å². The van der Waals surface area contributed by atoms with Crippen LogP contribution in [0.25, 0.3) is 0 Å². The van der Waals surface area contributed by atoms with Gasteiger partial charge in [0.2, 0.25) is 0 Å². The highest BCUT2D eigenvalue weighted by molar-refractivity contribution is 6.02. The van der Waals surface area contributed by atoms with Crippen LogP contribution in [-0.4, -0.2) is 53.7 Å². The van der Waals surface area contributed by atoms with Crippen LogP contribution in [0.1, 0.15) is 24.5 Å². The molecule has 0 aromatic heterocycles. The van der Waals surface area contributed by atoms with Crippen molar-refractivity contribution in [2.45, 2.75) is 42.4 Å². The van der Waals surface area contributed by atoms with E-state index in [0.29, 0.717) is 5.75 Å². The number of methoxy groups -OCH3 is 1. The maximum Gasteiger partial charge on any atom is 0.199 e. The highest BCUT2D eigenvalue weighted by Gasteiger charge is 2.77. The predicted molar refractivity (Wildman–Crippen MR) is 87.4 cm³/mol. The number of hydrogen-bond donors (Lipinski definition) is 1. The Morgan fingerprint density at radius 1 is 1.42 bits per heavy atom. The Hall–Kier alpha value is -1.85. The van der Waals surface area contributed by atoms with Crippen LogP contribution < -0.4 is 4.74 Å². The smallest absolute Gasteiger partial charge is 0.199 e. The van der Waals surface area contributed by atoms with Crippen LogP contribution in [0.15, 0.2) is 24.3 Å². The van der Waals surface area contributed by atoms with Crippen LogP contribution in [0.5, 0.6) is 11.5 Å². The van der Waals surface area contributed by atoms with E-state index >= 15 is 0 Å². The third kappa shape index (κ3) is 1.18. The van der Waals surface area contributed by atoms with Crippen molar-refractivity contribution >= 4 is 5.78 Å². The van der Waals surface area contributed by atoms with Gasteiger partial charge >= 0.3 is 0 Å². The molecule has 4 aliphatic rings. The van der Waals surface area contributed by atoms with Crippen molar-refractivity contribution in [3.8, 4) is 11.5 Å². The molecule has 4 atom stereocenters. The summed E-state index contributed by atoms with van der Waals surface area (Å²) in [5.41, 5.74) is -0.144. The van der Waals surface area contributed by atoms with Gasteiger partial charge < -0.3 is 14.6 Å². The van der Waals surface area contributed by atoms with Crippen LogP contribution in [-0.2, 0) is 21.4 Å². The summed E-state index contributed by atoms with van der Waals surface area (Å²) in [6.07, 6.45) is 5.13. The van der Waals surface area contributed by atoms with Crippen molar-refractivity contribution in [1.82, 2.24) is 4.90 Å². The van der Waals surface area contributed by atoms with E-state index in [4.69, 9.17) is 9.47 Å². The average molecular weight is 327 g/mol. The van der Waals surface area contributed by atoms with Crippen molar-refractivity contribution in [2.24, 2.45) is 0 Å². The van der Waals surface area contributed by atoms with Crippen molar-refractivity contribution < 1.29 is 19.4 Å². The molecule has 1 saturated heterocycles. The summed E-state index contributed by atoms with van der Waals surface area (Å²) in [4.78, 5) is 15.3. The highest BCUT2D eigenvalue weighted by Crippen LogP contribution is 2.67. The van der Waals surface area contributed by atoms with Crippen molar-refractivity contribution in [1.29, 1.82) is 0 Å². The van der Waals surface area contributed by atoms with Gasteiger partial charge in [-0.3, -0.25) is 9.69 Å². The maximum absolute atomic E-state index is 12.9. The fourth-order valence-corrected chi connectivity index (χ4v) is 5.89. The molecular weight excluding hydrogens is 306 g/mol. The Kier molecular flexibility index (Phi) is 2.43. The molecule has 1 spiro atoms. The number of ketones is 1. The second kappa shape index (κ2) is 4.03. The first-order valence-electron chi connectivity index (χ1n) is 8.45. The quantitative estimate of drug-likeness (QED) is 0.848. The van der Waals surface area contributed by atoms with Gasteiger partial charge in [0.1, 0.15) is 5.60 Å². The normalized spacial score (nSPS) is 42.0. The summed E-state index contributed by atoms with van der Waals surface area (Å²) in [6, 6.07) is 3.78. The number of likely N-dealkylation sites (N-methyl/N-ethyl adjacent to an activating group) is 1. The molecule has 0 saturated carbocycles. The number of carbonyl (C=O) groups is 1. The van der Waals surface area contributed by atoms with E-state index in [2.05, 4.69) is 11.9 Å². The minimum Gasteiger partial charge on any atom is -0.504 e. The molecule has 2 unspecified atom stereocenters. The molecule has 5 heteroatoms. The van der Waals surface area contributed by atoms with Gasteiger partial charge in [0.15, 0.2) is 22.9 Å². The molecule has 1 fully saturated rings. The summed E-state index contributed by atoms with van der Waals surface area (Å²) in [5.74, 6) is 0.521. The summed E-state index contributed by atoms with van der Waals surface area (Å²) in [6.45, 7) is 2.73. The van der Waals surface area contributed by atoms with Crippen molar-refractivity contribution in [3.63, 3.8) is 0 Å². The first kappa shape index (κ1) is 14.5. The number of likely N-dealkylation sites (tertiary alicyclic amines) is 1. The Morgan fingerprint density at radius 2 is 2.21 bits per heavy atom. The fraction of sp³-hybridized carbons (Fsp3) is 0.526. The van der Waals surface area contributed by atoms with Gasteiger partial charge in [0, 0.05) is 18.7 Å². The van der Waals surface area contributed by atoms with Gasteiger partial charge in [0.05, 0.1) is 5.41 Å². The molecule has 2 bridgehead atoms. The Bertz CT molecular complexity index is 818. The monoisotopic (exact) mass is 327 g/mol. The molecule has 2 aliphatic carbocycles. The molecule has 24 heavy (non-hydrogen) atoms. The van der Waals surface area contributed by atoms with Gasteiger partial charge in [0.25, 0.3) is 0 Å². The second-order valence-corrected chi connectivity index (χ2v) is 7.63. The zero-order valence-electron chi connectivity index (χ0n) is 14.1. The average Bonchev–Trinajstić information content (AvgIpc) is 2.85. The van der Waals surface area contributed by atoms with E-state index in [1.54, 1.807) is 19.3 Å². The van der Waals surface area contributed by atoms with Crippen LogP contribution in [0.2, 0.25) is 0 Å². The lowest BCUT2D eigenvalue weighted by molar-refractivity contribution is -0.183. The van der Waals surface area contributed by atoms with Crippen molar-refractivity contribution in [2.75, 3.05) is 20.7 Å². The molecule has 5 rings (SSSR count). The molecule has 126 valence electrons. The van der Waals surface area contributed by atoms with E-state index in [0.717, 1.165) is 30.5 Å². The van der Waals surface area contributed by atoms with Gasteiger partial charge in [-0.15, -0.1) is 0 Å². The number of phenols is 1. The fourth-order valence-electron chi connectivity index (χ4n) is 5.89. The molecule has 1 aromatic carbocycles. The summed E-state index contributed by atoms with van der Waals surface area (Å²) >= 11 is 0. The van der Waals surface area contributed by atoms with Gasteiger partial charge in [-0.1, -0.05) is 6.07 Å². The third-order valence-electron chi connectivity index (χ3n) is 7.01. The number of phenolic OH excluding ortho intramolecular Hbond substituents is 1.